The highest BCUT2D eigenvalue weighted by Crippen LogP contribution is 2.19. The third-order valence-corrected chi connectivity index (χ3v) is 4.72. The first-order valence-electron chi connectivity index (χ1n) is 6.32. The second kappa shape index (κ2) is 6.36. The Morgan fingerprint density at radius 2 is 2.00 bits per heavy atom. The summed E-state index contributed by atoms with van der Waals surface area (Å²) < 4.78 is 27.2. The smallest absolute Gasteiger partial charge is 0.240 e. The number of nitrogen functional groups attached to an aromatic ring is 1. The molecule has 0 heterocycles. The standard InChI is InChI=1S/C13H23N3O2S/c1-5-11-6-7-12(14)8-13(11)19(17,18)15-9-10(2)16(3)4/h6-8,10,15H,5,9,14H2,1-4H3. The van der Waals surface area contributed by atoms with Gasteiger partial charge in [-0.15, -0.1) is 0 Å². The normalized spacial score (nSPS) is 13.7. The van der Waals surface area contributed by atoms with E-state index >= 15 is 0 Å². The van der Waals surface area contributed by atoms with Crippen LogP contribution >= 0.6 is 0 Å². The van der Waals surface area contributed by atoms with Crippen LogP contribution in [0, 0.1) is 0 Å². The maximum Gasteiger partial charge on any atom is 0.240 e. The van der Waals surface area contributed by atoms with Gasteiger partial charge in [-0.25, -0.2) is 13.1 Å². The number of anilines is 1. The number of nitrogens with zero attached hydrogens (tertiary/aromatic N) is 1. The fourth-order valence-electron chi connectivity index (χ4n) is 1.60. The summed E-state index contributed by atoms with van der Waals surface area (Å²) in [5.74, 6) is 0. The van der Waals surface area contributed by atoms with E-state index in [1.165, 1.54) is 6.07 Å². The number of sulfonamides is 1. The van der Waals surface area contributed by atoms with Crippen LogP contribution in [-0.4, -0.2) is 40.0 Å². The van der Waals surface area contributed by atoms with Gasteiger partial charge in [0, 0.05) is 18.3 Å². The second-order valence-corrected chi connectivity index (χ2v) is 6.62. The van der Waals surface area contributed by atoms with Crippen molar-refractivity contribution in [1.29, 1.82) is 0 Å². The number of hydrogen-bond donors (Lipinski definition) is 2. The number of benzene rings is 1. The number of nitrogens with one attached hydrogen (secondary N) is 1. The molecule has 1 atom stereocenters. The van der Waals surface area contributed by atoms with Crippen molar-refractivity contribution < 1.29 is 8.42 Å². The summed E-state index contributed by atoms with van der Waals surface area (Å²) in [7, 11) is 0.316. The molecule has 5 nitrogen and oxygen atoms in total. The van der Waals surface area contributed by atoms with E-state index in [0.29, 0.717) is 18.7 Å². The first-order chi connectivity index (χ1) is 8.77. The molecule has 108 valence electrons. The molecular weight excluding hydrogens is 262 g/mol. The molecule has 0 aromatic heterocycles. The highest BCUT2D eigenvalue weighted by molar-refractivity contribution is 7.89. The molecule has 0 aliphatic carbocycles. The van der Waals surface area contributed by atoms with Crippen molar-refractivity contribution in [1.82, 2.24) is 9.62 Å². The van der Waals surface area contributed by atoms with Crippen molar-refractivity contribution in [2.45, 2.75) is 31.2 Å². The molecule has 0 bridgehead atoms. The average Bonchev–Trinajstić information content (AvgIpc) is 2.35. The number of nitrogens with two attached hydrogens (primary N) is 1. The molecule has 0 saturated carbocycles. The van der Waals surface area contributed by atoms with Gasteiger partial charge in [-0.05, 0) is 45.1 Å². The lowest BCUT2D eigenvalue weighted by Gasteiger charge is -2.20. The topological polar surface area (TPSA) is 75.4 Å². The fourth-order valence-corrected chi connectivity index (χ4v) is 3.07. The van der Waals surface area contributed by atoms with Gasteiger partial charge < -0.3 is 10.6 Å². The van der Waals surface area contributed by atoms with Gasteiger partial charge in [0.2, 0.25) is 10.0 Å². The lowest BCUT2D eigenvalue weighted by atomic mass is 10.1. The third kappa shape index (κ3) is 4.19. The molecule has 0 radical (unpaired) electrons. The van der Waals surface area contributed by atoms with Crippen molar-refractivity contribution in [2.75, 3.05) is 26.4 Å². The number of aryl methyl sites for hydroxylation is 1. The number of rotatable bonds is 6. The van der Waals surface area contributed by atoms with Gasteiger partial charge in [0.1, 0.15) is 0 Å². The predicted molar refractivity (Wildman–Crippen MR) is 78.6 cm³/mol. The van der Waals surface area contributed by atoms with E-state index in [1.807, 2.05) is 32.8 Å². The van der Waals surface area contributed by atoms with Crippen LogP contribution in [0.2, 0.25) is 0 Å². The summed E-state index contributed by atoms with van der Waals surface area (Å²) in [6.45, 7) is 4.25. The minimum atomic E-state index is -3.51. The van der Waals surface area contributed by atoms with Gasteiger partial charge in [0.05, 0.1) is 4.90 Å². The van der Waals surface area contributed by atoms with Gasteiger partial charge in [-0.1, -0.05) is 13.0 Å². The number of likely N-dealkylation sites (N-methyl/N-ethyl adjacent to an activating group) is 1. The van der Waals surface area contributed by atoms with E-state index in [0.717, 1.165) is 5.56 Å². The molecule has 6 heteroatoms. The fraction of sp³-hybridized carbons (Fsp3) is 0.538. The third-order valence-electron chi connectivity index (χ3n) is 3.21. The Kier molecular flexibility index (Phi) is 5.34. The molecule has 19 heavy (non-hydrogen) atoms. The highest BCUT2D eigenvalue weighted by atomic mass is 32.2. The Hall–Kier alpha value is -1.11. The van der Waals surface area contributed by atoms with E-state index in [4.69, 9.17) is 5.73 Å². The van der Waals surface area contributed by atoms with Crippen molar-refractivity contribution in [3.05, 3.63) is 23.8 Å². The minimum absolute atomic E-state index is 0.126. The van der Waals surface area contributed by atoms with E-state index in [2.05, 4.69) is 4.72 Å². The molecule has 1 aromatic carbocycles. The molecule has 0 fully saturated rings. The Morgan fingerprint density at radius 1 is 1.37 bits per heavy atom. The summed E-state index contributed by atoms with van der Waals surface area (Å²) in [6.07, 6.45) is 0.653. The lowest BCUT2D eigenvalue weighted by molar-refractivity contribution is 0.314. The van der Waals surface area contributed by atoms with Crippen LogP contribution in [0.3, 0.4) is 0 Å². The Morgan fingerprint density at radius 3 is 2.53 bits per heavy atom. The van der Waals surface area contributed by atoms with Gasteiger partial charge in [-0.2, -0.15) is 0 Å². The summed E-state index contributed by atoms with van der Waals surface area (Å²) >= 11 is 0. The van der Waals surface area contributed by atoms with E-state index in [-0.39, 0.29) is 10.9 Å². The van der Waals surface area contributed by atoms with Gasteiger partial charge in [0.25, 0.3) is 0 Å². The van der Waals surface area contributed by atoms with Crippen LogP contribution in [0.5, 0.6) is 0 Å². The van der Waals surface area contributed by atoms with Gasteiger partial charge in [-0.3, -0.25) is 0 Å². The molecule has 0 aliphatic rings. The second-order valence-electron chi connectivity index (χ2n) is 4.89. The van der Waals surface area contributed by atoms with Crippen molar-refractivity contribution in [3.8, 4) is 0 Å². The molecule has 1 rings (SSSR count). The Labute approximate surface area is 115 Å². The van der Waals surface area contributed by atoms with E-state index in [9.17, 15) is 8.42 Å². The van der Waals surface area contributed by atoms with Crippen LogP contribution in [0.25, 0.3) is 0 Å². The van der Waals surface area contributed by atoms with E-state index < -0.39 is 10.0 Å². The summed E-state index contributed by atoms with van der Waals surface area (Å²) in [4.78, 5) is 2.24. The number of hydrogen-bond acceptors (Lipinski definition) is 4. The Bertz CT molecular complexity index is 527. The first-order valence-corrected chi connectivity index (χ1v) is 7.80. The SMILES string of the molecule is CCc1ccc(N)cc1S(=O)(=O)NCC(C)N(C)C. The quantitative estimate of drug-likeness (QED) is 0.766. The van der Waals surface area contributed by atoms with Crippen LogP contribution < -0.4 is 10.5 Å². The molecule has 3 N–H and O–H groups in total. The molecule has 1 unspecified atom stereocenters. The zero-order valence-corrected chi connectivity index (χ0v) is 12.8. The van der Waals surface area contributed by atoms with Gasteiger partial charge >= 0.3 is 0 Å². The maximum atomic E-state index is 12.3. The molecule has 0 amide bonds. The van der Waals surface area contributed by atoms with Crippen LogP contribution in [0.1, 0.15) is 19.4 Å². The lowest BCUT2D eigenvalue weighted by Crippen LogP contribution is -2.38. The minimum Gasteiger partial charge on any atom is -0.399 e. The summed E-state index contributed by atoms with van der Waals surface area (Å²) in [6, 6.07) is 5.13. The molecular formula is C13H23N3O2S. The molecule has 1 aromatic rings. The molecule has 0 spiro atoms. The summed E-state index contributed by atoms with van der Waals surface area (Å²) in [5.41, 5.74) is 6.92. The molecule has 0 saturated heterocycles. The monoisotopic (exact) mass is 285 g/mol. The van der Waals surface area contributed by atoms with Crippen LogP contribution in [0.4, 0.5) is 5.69 Å². The first kappa shape index (κ1) is 15.9. The van der Waals surface area contributed by atoms with E-state index in [1.54, 1.807) is 12.1 Å². The zero-order valence-electron chi connectivity index (χ0n) is 12.0. The largest absolute Gasteiger partial charge is 0.399 e. The summed E-state index contributed by atoms with van der Waals surface area (Å²) in [5, 5.41) is 0. The maximum absolute atomic E-state index is 12.3. The highest BCUT2D eigenvalue weighted by Gasteiger charge is 2.19. The average molecular weight is 285 g/mol. The zero-order chi connectivity index (χ0) is 14.6. The van der Waals surface area contributed by atoms with Crippen molar-refractivity contribution in [3.63, 3.8) is 0 Å². The van der Waals surface area contributed by atoms with Crippen LogP contribution in [0.15, 0.2) is 23.1 Å². The molecule has 0 aliphatic heterocycles. The predicted octanol–water partition coefficient (Wildman–Crippen LogP) is 1.06. The van der Waals surface area contributed by atoms with Crippen LogP contribution in [-0.2, 0) is 16.4 Å². The Balaban J connectivity index is 2.97. The van der Waals surface area contributed by atoms with Crippen molar-refractivity contribution >= 4 is 15.7 Å². The van der Waals surface area contributed by atoms with Gasteiger partial charge in [0.15, 0.2) is 0 Å². The van der Waals surface area contributed by atoms with Crippen molar-refractivity contribution in [2.24, 2.45) is 0 Å².